The van der Waals surface area contributed by atoms with Crippen LogP contribution in [0.4, 0.5) is 5.69 Å². The fraction of sp³-hybridized carbons (Fsp3) is 0.296. The number of carbonyl (C=O) groups is 1. The lowest BCUT2D eigenvalue weighted by Gasteiger charge is -2.40. The second kappa shape index (κ2) is 7.66. The van der Waals surface area contributed by atoms with Gasteiger partial charge in [-0.15, -0.1) is 0 Å². The SMILES string of the molecule is COc1cc(Br)c([C@@H]2Nc3ccc4ccccc4c3C3=C2C(=O)CC(C)(C)C3)cc1OC. The standard InChI is InChI=1S/C27H26BrNO3/c1-27(2)13-18-24-16-8-6-5-7-15(16)9-10-20(24)29-26(25(18)21(30)14-27)17-11-22(31-3)23(32-4)12-19(17)28/h5-12,26,29H,13-14H2,1-4H3/t26-/m0/s1. The first-order valence-corrected chi connectivity index (χ1v) is 11.6. The molecule has 0 unspecified atom stereocenters. The first kappa shape index (κ1) is 21.1. The van der Waals surface area contributed by atoms with Gasteiger partial charge in [0.05, 0.1) is 20.3 Å². The molecule has 0 radical (unpaired) electrons. The van der Waals surface area contributed by atoms with Gasteiger partial charge in [0.1, 0.15) is 0 Å². The summed E-state index contributed by atoms with van der Waals surface area (Å²) in [6.07, 6.45) is 1.40. The lowest BCUT2D eigenvalue weighted by molar-refractivity contribution is -0.118. The third-order valence-electron chi connectivity index (χ3n) is 6.55. The fourth-order valence-electron chi connectivity index (χ4n) is 5.16. The number of hydrogen-bond acceptors (Lipinski definition) is 4. The van der Waals surface area contributed by atoms with Crippen molar-refractivity contribution in [3.63, 3.8) is 0 Å². The number of hydrogen-bond donors (Lipinski definition) is 1. The molecule has 0 aromatic heterocycles. The van der Waals surface area contributed by atoms with Crippen LogP contribution < -0.4 is 14.8 Å². The largest absolute Gasteiger partial charge is 0.493 e. The molecule has 5 rings (SSSR count). The number of Topliss-reactive ketones (excluding diaryl/α,β-unsaturated/α-hetero) is 1. The molecule has 1 atom stereocenters. The zero-order valence-electron chi connectivity index (χ0n) is 18.7. The lowest BCUT2D eigenvalue weighted by atomic mass is 9.68. The molecule has 3 aromatic rings. The molecule has 0 bridgehead atoms. The van der Waals surface area contributed by atoms with Crippen LogP contribution in [0.1, 0.15) is 43.9 Å². The normalized spacial score (nSPS) is 19.3. The van der Waals surface area contributed by atoms with E-state index >= 15 is 0 Å². The van der Waals surface area contributed by atoms with Crippen molar-refractivity contribution in [2.24, 2.45) is 5.41 Å². The zero-order valence-corrected chi connectivity index (χ0v) is 20.3. The van der Waals surface area contributed by atoms with Crippen molar-refractivity contribution >= 4 is 43.7 Å². The predicted octanol–water partition coefficient (Wildman–Crippen LogP) is 6.93. The molecule has 0 saturated carbocycles. The molecule has 4 nitrogen and oxygen atoms in total. The van der Waals surface area contributed by atoms with E-state index in [4.69, 9.17) is 9.47 Å². The zero-order chi connectivity index (χ0) is 22.6. The molecule has 3 aromatic carbocycles. The number of anilines is 1. The number of fused-ring (bicyclic) bond motifs is 4. The van der Waals surface area contributed by atoms with Crippen molar-refractivity contribution in [1.82, 2.24) is 0 Å². The van der Waals surface area contributed by atoms with Gasteiger partial charge in [-0.2, -0.15) is 0 Å². The molecule has 0 fully saturated rings. The third-order valence-corrected chi connectivity index (χ3v) is 7.24. The molecular formula is C27H26BrNO3. The number of halogens is 1. The number of allylic oxidation sites excluding steroid dienone is 1. The van der Waals surface area contributed by atoms with Crippen LogP contribution >= 0.6 is 15.9 Å². The second-order valence-corrected chi connectivity index (χ2v) is 10.2. The van der Waals surface area contributed by atoms with Crippen LogP contribution in [0.25, 0.3) is 16.3 Å². The van der Waals surface area contributed by atoms with Gasteiger partial charge in [0, 0.05) is 27.7 Å². The van der Waals surface area contributed by atoms with Gasteiger partial charge in [0.15, 0.2) is 17.3 Å². The maximum absolute atomic E-state index is 13.6. The molecular weight excluding hydrogens is 466 g/mol. The number of nitrogens with one attached hydrogen (secondary N) is 1. The van der Waals surface area contributed by atoms with Crippen molar-refractivity contribution in [1.29, 1.82) is 0 Å². The quantitative estimate of drug-likeness (QED) is 0.431. The summed E-state index contributed by atoms with van der Waals surface area (Å²) < 4.78 is 11.9. The van der Waals surface area contributed by atoms with Crippen molar-refractivity contribution in [3.05, 3.63) is 69.7 Å². The highest BCUT2D eigenvalue weighted by molar-refractivity contribution is 9.10. The minimum Gasteiger partial charge on any atom is -0.493 e. The summed E-state index contributed by atoms with van der Waals surface area (Å²) in [4.78, 5) is 13.6. The van der Waals surface area contributed by atoms with E-state index in [-0.39, 0.29) is 17.2 Å². The highest BCUT2D eigenvalue weighted by Crippen LogP contribution is 2.53. The number of benzene rings is 3. The van der Waals surface area contributed by atoms with Gasteiger partial charge in [-0.1, -0.05) is 60.1 Å². The average Bonchev–Trinajstić information content (AvgIpc) is 2.77. The molecule has 1 heterocycles. The summed E-state index contributed by atoms with van der Waals surface area (Å²) in [5.41, 5.74) is 5.11. The highest BCUT2D eigenvalue weighted by atomic mass is 79.9. The number of rotatable bonds is 3. The number of ketones is 1. The smallest absolute Gasteiger partial charge is 0.162 e. The lowest BCUT2D eigenvalue weighted by Crippen LogP contribution is -2.33. The Hall–Kier alpha value is -2.79. The van der Waals surface area contributed by atoms with E-state index in [1.807, 2.05) is 12.1 Å². The van der Waals surface area contributed by atoms with Crippen molar-refractivity contribution < 1.29 is 14.3 Å². The molecule has 164 valence electrons. The molecule has 0 spiro atoms. The molecule has 1 aliphatic carbocycles. The van der Waals surface area contributed by atoms with Gasteiger partial charge in [-0.3, -0.25) is 4.79 Å². The van der Waals surface area contributed by atoms with Gasteiger partial charge < -0.3 is 14.8 Å². The van der Waals surface area contributed by atoms with Gasteiger partial charge in [-0.25, -0.2) is 0 Å². The van der Waals surface area contributed by atoms with E-state index in [0.717, 1.165) is 38.9 Å². The molecule has 1 N–H and O–H groups in total. The minimum absolute atomic E-state index is 0.0825. The summed E-state index contributed by atoms with van der Waals surface area (Å²) in [5.74, 6) is 1.49. The Morgan fingerprint density at radius 2 is 1.72 bits per heavy atom. The van der Waals surface area contributed by atoms with Crippen LogP contribution in [0.5, 0.6) is 11.5 Å². The Labute approximate surface area is 196 Å². The molecule has 0 amide bonds. The molecule has 1 aliphatic heterocycles. The Morgan fingerprint density at radius 1 is 1.00 bits per heavy atom. The Balaban J connectivity index is 1.79. The van der Waals surface area contributed by atoms with Crippen LogP contribution in [-0.2, 0) is 4.79 Å². The monoisotopic (exact) mass is 491 g/mol. The molecule has 0 saturated heterocycles. The number of methoxy groups -OCH3 is 2. The summed E-state index contributed by atoms with van der Waals surface area (Å²) in [5, 5.41) is 6.05. The van der Waals surface area contributed by atoms with E-state index < -0.39 is 0 Å². The van der Waals surface area contributed by atoms with Crippen molar-refractivity contribution in [2.75, 3.05) is 19.5 Å². The maximum Gasteiger partial charge on any atom is 0.162 e. The molecule has 32 heavy (non-hydrogen) atoms. The molecule has 5 heteroatoms. The van der Waals surface area contributed by atoms with E-state index in [1.54, 1.807) is 14.2 Å². The minimum atomic E-state index is -0.267. The fourth-order valence-corrected chi connectivity index (χ4v) is 5.71. The van der Waals surface area contributed by atoms with Gasteiger partial charge in [0.2, 0.25) is 0 Å². The maximum atomic E-state index is 13.6. The van der Waals surface area contributed by atoms with E-state index in [0.29, 0.717) is 17.9 Å². The van der Waals surface area contributed by atoms with Crippen molar-refractivity contribution in [3.8, 4) is 11.5 Å². The Morgan fingerprint density at radius 3 is 2.47 bits per heavy atom. The van der Waals surface area contributed by atoms with Gasteiger partial charge >= 0.3 is 0 Å². The third kappa shape index (κ3) is 3.30. The first-order valence-electron chi connectivity index (χ1n) is 10.8. The highest BCUT2D eigenvalue weighted by Gasteiger charge is 2.41. The summed E-state index contributed by atoms with van der Waals surface area (Å²) in [6, 6.07) is 16.3. The van der Waals surface area contributed by atoms with E-state index in [1.165, 1.54) is 10.8 Å². The predicted molar refractivity (Wildman–Crippen MR) is 132 cm³/mol. The number of ether oxygens (including phenoxy) is 2. The Kier molecular flexibility index (Phi) is 5.05. The van der Waals surface area contributed by atoms with Crippen LogP contribution in [0.15, 0.2) is 58.6 Å². The van der Waals surface area contributed by atoms with E-state index in [9.17, 15) is 4.79 Å². The number of carbonyl (C=O) groups excluding carboxylic acids is 1. The van der Waals surface area contributed by atoms with Crippen LogP contribution in [-0.4, -0.2) is 20.0 Å². The van der Waals surface area contributed by atoms with E-state index in [2.05, 4.69) is 71.5 Å². The van der Waals surface area contributed by atoms with Crippen LogP contribution in [0.3, 0.4) is 0 Å². The van der Waals surface area contributed by atoms with Crippen molar-refractivity contribution in [2.45, 2.75) is 32.7 Å². The topological polar surface area (TPSA) is 47.6 Å². The van der Waals surface area contributed by atoms with Gasteiger partial charge in [-0.05, 0) is 51.9 Å². The van der Waals surface area contributed by atoms with Gasteiger partial charge in [0.25, 0.3) is 0 Å². The summed E-state index contributed by atoms with van der Waals surface area (Å²) in [6.45, 7) is 4.37. The van der Waals surface area contributed by atoms with Crippen LogP contribution in [0.2, 0.25) is 0 Å². The first-order chi connectivity index (χ1) is 15.3. The van der Waals surface area contributed by atoms with Crippen LogP contribution in [0, 0.1) is 5.41 Å². The summed E-state index contributed by atoms with van der Waals surface area (Å²) in [7, 11) is 3.25. The average molecular weight is 492 g/mol. The second-order valence-electron chi connectivity index (χ2n) is 9.35. The Bertz CT molecular complexity index is 1290. The summed E-state index contributed by atoms with van der Waals surface area (Å²) >= 11 is 3.72. The molecule has 2 aliphatic rings.